The summed E-state index contributed by atoms with van der Waals surface area (Å²) in [5.41, 5.74) is -0.776. The highest BCUT2D eigenvalue weighted by Crippen LogP contribution is 2.14. The van der Waals surface area contributed by atoms with Gasteiger partial charge < -0.3 is 10.4 Å². The molecule has 2 N–H and O–H groups in total. The average Bonchev–Trinajstić information content (AvgIpc) is 2.77. The number of imidazole rings is 1. The molecule has 6 heteroatoms. The highest BCUT2D eigenvalue weighted by molar-refractivity contribution is 4.93. The van der Waals surface area contributed by atoms with E-state index >= 15 is 0 Å². The highest BCUT2D eigenvalue weighted by atomic mass is 19.3. The van der Waals surface area contributed by atoms with E-state index in [9.17, 15) is 13.9 Å². The zero-order valence-electron chi connectivity index (χ0n) is 10.2. The van der Waals surface area contributed by atoms with Gasteiger partial charge in [0.05, 0.1) is 12.1 Å². The molecule has 98 valence electrons. The Kier molecular flexibility index (Phi) is 5.02. The Labute approximate surface area is 99.7 Å². The van der Waals surface area contributed by atoms with Crippen LogP contribution >= 0.6 is 0 Å². The first-order valence-corrected chi connectivity index (χ1v) is 5.75. The van der Waals surface area contributed by atoms with E-state index < -0.39 is 12.2 Å². The van der Waals surface area contributed by atoms with Gasteiger partial charge in [0.25, 0.3) is 0 Å². The maximum atomic E-state index is 12.5. The molecule has 0 aliphatic heterocycles. The number of rotatable bonds is 7. The van der Waals surface area contributed by atoms with Gasteiger partial charge in [0.2, 0.25) is 0 Å². The third kappa shape index (κ3) is 3.74. The third-order valence-electron chi connectivity index (χ3n) is 3.01. The minimum absolute atomic E-state index is 0.222. The van der Waals surface area contributed by atoms with Crippen molar-refractivity contribution in [1.82, 2.24) is 14.9 Å². The van der Waals surface area contributed by atoms with E-state index in [1.54, 1.807) is 0 Å². The van der Waals surface area contributed by atoms with Crippen molar-refractivity contribution in [2.45, 2.75) is 45.4 Å². The van der Waals surface area contributed by atoms with Gasteiger partial charge in [-0.1, -0.05) is 13.8 Å². The molecule has 0 aromatic carbocycles. The van der Waals surface area contributed by atoms with Crippen molar-refractivity contribution in [1.29, 1.82) is 0 Å². The Morgan fingerprint density at radius 3 is 2.65 bits per heavy atom. The zero-order valence-corrected chi connectivity index (χ0v) is 10.2. The second-order valence-corrected chi connectivity index (χ2v) is 4.06. The summed E-state index contributed by atoms with van der Waals surface area (Å²) in [5.74, 6) is 0.273. The van der Waals surface area contributed by atoms with E-state index in [2.05, 4.69) is 10.3 Å². The van der Waals surface area contributed by atoms with Crippen molar-refractivity contribution < 1.29 is 13.9 Å². The topological polar surface area (TPSA) is 50.1 Å². The van der Waals surface area contributed by atoms with Crippen molar-refractivity contribution in [2.24, 2.45) is 0 Å². The summed E-state index contributed by atoms with van der Waals surface area (Å²) in [7, 11) is 0. The Morgan fingerprint density at radius 2 is 2.12 bits per heavy atom. The Bertz CT molecular complexity index is 337. The molecule has 0 saturated heterocycles. The average molecular weight is 247 g/mol. The maximum Gasteiger partial charge on any atom is 0.319 e. The Balaban J connectivity index is 2.48. The molecule has 17 heavy (non-hydrogen) atoms. The van der Waals surface area contributed by atoms with Gasteiger partial charge in [-0.3, -0.25) is 4.57 Å². The van der Waals surface area contributed by atoms with E-state index in [0.717, 1.165) is 4.57 Å². The first kappa shape index (κ1) is 14.1. The first-order valence-electron chi connectivity index (χ1n) is 5.75. The van der Waals surface area contributed by atoms with Crippen LogP contribution in [0.5, 0.6) is 0 Å². The SMILES string of the molecule is CCC(O)(CC)CNCc1nccn1C(F)F. The quantitative estimate of drug-likeness (QED) is 0.774. The summed E-state index contributed by atoms with van der Waals surface area (Å²) < 4.78 is 25.8. The summed E-state index contributed by atoms with van der Waals surface area (Å²) >= 11 is 0. The fourth-order valence-electron chi connectivity index (χ4n) is 1.57. The number of aromatic nitrogens is 2. The standard InChI is InChI=1S/C11H19F2N3O/c1-3-11(17,4-2)8-14-7-9-15-5-6-16(9)10(12)13/h5-6,10,14,17H,3-4,7-8H2,1-2H3. The lowest BCUT2D eigenvalue weighted by Crippen LogP contribution is -2.39. The molecule has 0 unspecified atom stereocenters. The fraction of sp³-hybridized carbons (Fsp3) is 0.727. The van der Waals surface area contributed by atoms with E-state index in [4.69, 9.17) is 0 Å². The normalized spacial score (nSPS) is 12.4. The predicted octanol–water partition coefficient (Wildman–Crippen LogP) is 1.92. The summed E-state index contributed by atoms with van der Waals surface area (Å²) in [4.78, 5) is 3.85. The molecule has 1 aromatic heterocycles. The van der Waals surface area contributed by atoms with Crippen LogP contribution in [0.3, 0.4) is 0 Å². The van der Waals surface area contributed by atoms with Crippen LogP contribution in [-0.4, -0.2) is 26.8 Å². The number of nitrogens with one attached hydrogen (secondary N) is 1. The molecule has 0 fully saturated rings. The van der Waals surface area contributed by atoms with Crippen LogP contribution in [-0.2, 0) is 6.54 Å². The van der Waals surface area contributed by atoms with Crippen LogP contribution in [0.2, 0.25) is 0 Å². The summed E-state index contributed by atoms with van der Waals surface area (Å²) in [5, 5.41) is 13.0. The van der Waals surface area contributed by atoms with Crippen molar-refractivity contribution in [3.8, 4) is 0 Å². The molecule has 0 aliphatic carbocycles. The van der Waals surface area contributed by atoms with Crippen LogP contribution < -0.4 is 5.32 Å². The molecule has 0 aliphatic rings. The lowest BCUT2D eigenvalue weighted by molar-refractivity contribution is 0.0313. The molecule has 0 spiro atoms. The smallest absolute Gasteiger partial charge is 0.319 e. The van der Waals surface area contributed by atoms with Gasteiger partial charge in [-0.05, 0) is 12.8 Å². The molecule has 4 nitrogen and oxygen atoms in total. The van der Waals surface area contributed by atoms with E-state index in [1.165, 1.54) is 12.4 Å². The highest BCUT2D eigenvalue weighted by Gasteiger charge is 2.21. The van der Waals surface area contributed by atoms with Gasteiger partial charge in [-0.15, -0.1) is 0 Å². The lowest BCUT2D eigenvalue weighted by atomic mass is 9.98. The number of alkyl halides is 2. The number of nitrogens with zero attached hydrogens (tertiary/aromatic N) is 2. The molecule has 1 heterocycles. The molecular formula is C11H19F2N3O. The molecule has 0 amide bonds. The lowest BCUT2D eigenvalue weighted by Gasteiger charge is -2.25. The predicted molar refractivity (Wildman–Crippen MR) is 60.7 cm³/mol. The minimum atomic E-state index is -2.58. The van der Waals surface area contributed by atoms with Gasteiger partial charge >= 0.3 is 6.55 Å². The van der Waals surface area contributed by atoms with Gasteiger partial charge in [-0.25, -0.2) is 4.98 Å². The first-order chi connectivity index (χ1) is 8.02. The number of aliphatic hydroxyl groups is 1. The van der Waals surface area contributed by atoms with Crippen LogP contribution in [0.15, 0.2) is 12.4 Å². The molecular weight excluding hydrogens is 228 g/mol. The molecule has 0 atom stereocenters. The maximum absolute atomic E-state index is 12.5. The van der Waals surface area contributed by atoms with E-state index in [0.29, 0.717) is 19.4 Å². The van der Waals surface area contributed by atoms with E-state index in [1.807, 2.05) is 13.8 Å². The zero-order chi connectivity index (χ0) is 12.9. The van der Waals surface area contributed by atoms with Crippen LogP contribution in [0.25, 0.3) is 0 Å². The van der Waals surface area contributed by atoms with Crippen LogP contribution in [0.1, 0.15) is 39.1 Å². The fourth-order valence-corrected chi connectivity index (χ4v) is 1.57. The number of hydrogen-bond donors (Lipinski definition) is 2. The van der Waals surface area contributed by atoms with Crippen molar-refractivity contribution in [2.75, 3.05) is 6.54 Å². The Morgan fingerprint density at radius 1 is 1.47 bits per heavy atom. The number of halogens is 2. The Hall–Kier alpha value is -1.01. The van der Waals surface area contributed by atoms with Gasteiger partial charge in [0.1, 0.15) is 5.82 Å². The van der Waals surface area contributed by atoms with Gasteiger partial charge in [-0.2, -0.15) is 8.78 Å². The summed E-state index contributed by atoms with van der Waals surface area (Å²) in [6.45, 7) is 1.80. The molecule has 0 saturated carbocycles. The molecule has 0 bridgehead atoms. The van der Waals surface area contributed by atoms with Crippen molar-refractivity contribution >= 4 is 0 Å². The molecule has 1 aromatic rings. The van der Waals surface area contributed by atoms with Crippen molar-refractivity contribution in [3.63, 3.8) is 0 Å². The van der Waals surface area contributed by atoms with E-state index in [-0.39, 0.29) is 12.4 Å². The van der Waals surface area contributed by atoms with Gasteiger partial charge in [0.15, 0.2) is 0 Å². The molecule has 0 radical (unpaired) electrons. The summed E-state index contributed by atoms with van der Waals surface area (Å²) in [6, 6.07) is 0. The number of hydrogen-bond acceptors (Lipinski definition) is 3. The monoisotopic (exact) mass is 247 g/mol. The summed E-state index contributed by atoms with van der Waals surface area (Å²) in [6.07, 6.45) is 3.84. The van der Waals surface area contributed by atoms with Crippen molar-refractivity contribution in [3.05, 3.63) is 18.2 Å². The van der Waals surface area contributed by atoms with Crippen LogP contribution in [0, 0.1) is 0 Å². The van der Waals surface area contributed by atoms with Gasteiger partial charge in [0, 0.05) is 18.9 Å². The van der Waals surface area contributed by atoms with Crippen LogP contribution in [0.4, 0.5) is 8.78 Å². The third-order valence-corrected chi connectivity index (χ3v) is 3.01. The minimum Gasteiger partial charge on any atom is -0.389 e. The second-order valence-electron chi connectivity index (χ2n) is 4.06. The molecule has 1 rings (SSSR count). The largest absolute Gasteiger partial charge is 0.389 e. The second kappa shape index (κ2) is 6.07.